The third-order valence-corrected chi connectivity index (χ3v) is 9.12. The van der Waals surface area contributed by atoms with Crippen LogP contribution in [0.3, 0.4) is 0 Å². The second-order valence-electron chi connectivity index (χ2n) is 11.1. The Bertz CT molecular complexity index is 989. The van der Waals surface area contributed by atoms with E-state index in [1.165, 1.54) is 5.57 Å². The highest BCUT2D eigenvalue weighted by molar-refractivity contribution is 5.77. The van der Waals surface area contributed by atoms with Crippen LogP contribution in [0.25, 0.3) is 0 Å². The first-order chi connectivity index (χ1) is 16.6. The number of ether oxygens (including phenoxy) is 1. The first kappa shape index (κ1) is 27.3. The maximum Gasteiger partial charge on any atom is 0.455 e. The fourth-order valence-electron chi connectivity index (χ4n) is 6.95. The Morgan fingerprint density at radius 2 is 1.89 bits per heavy atom. The number of carbonyl (C=O) groups excluding carboxylic acids is 1. The van der Waals surface area contributed by atoms with E-state index in [9.17, 15) is 37.0 Å². The lowest BCUT2D eigenvalue weighted by Crippen LogP contribution is -2.52. The summed E-state index contributed by atoms with van der Waals surface area (Å²) in [5, 5.41) is 22.7. The molecule has 0 heterocycles. The second kappa shape index (κ2) is 9.20. The first-order valence-electron chi connectivity index (χ1n) is 12.4. The zero-order chi connectivity index (χ0) is 26.7. The fraction of sp³-hybridized carbons (Fsp3) is 0.731. The Morgan fingerprint density at radius 1 is 1.19 bits per heavy atom. The van der Waals surface area contributed by atoms with Crippen molar-refractivity contribution < 1.29 is 41.7 Å². The fourth-order valence-corrected chi connectivity index (χ4v) is 6.95. The van der Waals surface area contributed by atoms with Crippen molar-refractivity contribution in [3.63, 3.8) is 0 Å². The average Bonchev–Trinajstić information content (AvgIpc) is 3.13. The number of hydrogen-bond acceptors (Lipinski definition) is 4. The van der Waals surface area contributed by atoms with Crippen molar-refractivity contribution in [2.24, 2.45) is 22.7 Å². The number of amides is 1. The van der Waals surface area contributed by atoms with Crippen molar-refractivity contribution in [3.05, 3.63) is 34.9 Å². The summed E-state index contributed by atoms with van der Waals surface area (Å²) in [7, 11) is 0. The molecule has 2 saturated carbocycles. The molecule has 4 aliphatic rings. The normalized spacial score (nSPS) is 37.1. The minimum atomic E-state index is -5.74. The largest absolute Gasteiger partial charge is 0.455 e. The molecule has 4 rings (SSSR count). The summed E-state index contributed by atoms with van der Waals surface area (Å²) in [6.07, 6.45) is 2.13. The summed E-state index contributed by atoms with van der Waals surface area (Å²) < 4.78 is 68.6. The van der Waals surface area contributed by atoms with E-state index in [0.717, 1.165) is 30.4 Å². The van der Waals surface area contributed by atoms with Gasteiger partial charge in [0.25, 0.3) is 0 Å². The third-order valence-electron chi connectivity index (χ3n) is 9.12. The number of nitrogens with one attached hydrogen (secondary N) is 1. The molecule has 7 atom stereocenters. The summed E-state index contributed by atoms with van der Waals surface area (Å²) >= 11 is 0. The molecule has 5 nitrogen and oxygen atoms in total. The molecule has 4 aliphatic carbocycles. The number of carbonyl (C=O) groups is 1. The van der Waals surface area contributed by atoms with Gasteiger partial charge in [0.15, 0.2) is 0 Å². The molecular formula is C26H34F5NO4. The molecule has 36 heavy (non-hydrogen) atoms. The molecule has 0 radical (unpaired) electrons. The lowest BCUT2D eigenvalue weighted by atomic mass is 9.49. The van der Waals surface area contributed by atoms with Crippen molar-refractivity contribution in [3.8, 4) is 0 Å². The van der Waals surface area contributed by atoms with Crippen molar-refractivity contribution in [1.29, 1.82) is 0 Å². The van der Waals surface area contributed by atoms with Crippen LogP contribution in [0.5, 0.6) is 0 Å². The number of fused-ring (bicyclic) bond motifs is 5. The van der Waals surface area contributed by atoms with E-state index in [2.05, 4.69) is 26.0 Å². The van der Waals surface area contributed by atoms with Gasteiger partial charge in [-0.2, -0.15) is 22.0 Å². The van der Waals surface area contributed by atoms with Gasteiger partial charge in [-0.15, -0.1) is 0 Å². The SMILES string of the molecule is CC(OCC(=O)NCC(F)(F)C(F)(F)F)C1=CCC2C3=CC=C4CC(O)C[C@H](O)C4(C)C3CCC12C. The van der Waals surface area contributed by atoms with Crippen molar-refractivity contribution in [1.82, 2.24) is 5.32 Å². The van der Waals surface area contributed by atoms with Crippen LogP contribution in [0.15, 0.2) is 34.9 Å². The zero-order valence-electron chi connectivity index (χ0n) is 20.7. The van der Waals surface area contributed by atoms with Gasteiger partial charge in [-0.25, -0.2) is 0 Å². The maximum atomic E-state index is 13.1. The second-order valence-corrected chi connectivity index (χ2v) is 11.1. The van der Waals surface area contributed by atoms with Crippen LogP contribution >= 0.6 is 0 Å². The molecule has 6 unspecified atom stereocenters. The van der Waals surface area contributed by atoms with Crippen molar-refractivity contribution >= 4 is 5.91 Å². The van der Waals surface area contributed by atoms with Crippen LogP contribution in [0.1, 0.15) is 52.9 Å². The number of aliphatic hydroxyl groups excluding tert-OH is 2. The highest BCUT2D eigenvalue weighted by atomic mass is 19.4. The molecule has 10 heteroatoms. The highest BCUT2D eigenvalue weighted by Gasteiger charge is 2.58. The van der Waals surface area contributed by atoms with Crippen LogP contribution < -0.4 is 5.32 Å². The number of hydrogen-bond donors (Lipinski definition) is 3. The quantitative estimate of drug-likeness (QED) is 0.358. The molecule has 1 amide bonds. The zero-order valence-corrected chi connectivity index (χ0v) is 20.7. The van der Waals surface area contributed by atoms with Gasteiger partial charge in [-0.1, -0.05) is 43.2 Å². The molecule has 0 bridgehead atoms. The van der Waals surface area contributed by atoms with Gasteiger partial charge in [0, 0.05) is 11.8 Å². The molecule has 0 aromatic carbocycles. The Kier molecular flexibility index (Phi) is 6.97. The third kappa shape index (κ3) is 4.43. The molecule has 3 N–H and O–H groups in total. The van der Waals surface area contributed by atoms with E-state index in [1.54, 1.807) is 12.2 Å². The Labute approximate surface area is 207 Å². The van der Waals surface area contributed by atoms with Gasteiger partial charge < -0.3 is 20.3 Å². The molecule has 0 aromatic heterocycles. The first-order valence-corrected chi connectivity index (χ1v) is 12.4. The lowest BCUT2D eigenvalue weighted by Gasteiger charge is -2.56. The molecule has 0 saturated heterocycles. The molecule has 0 spiro atoms. The van der Waals surface area contributed by atoms with E-state index in [1.807, 2.05) is 6.08 Å². The van der Waals surface area contributed by atoms with Crippen molar-refractivity contribution in [2.75, 3.05) is 13.2 Å². The van der Waals surface area contributed by atoms with Gasteiger partial charge in [-0.05, 0) is 55.4 Å². The van der Waals surface area contributed by atoms with Crippen LogP contribution in [-0.2, 0) is 9.53 Å². The topological polar surface area (TPSA) is 78.8 Å². The van der Waals surface area contributed by atoms with Crippen LogP contribution in [0.4, 0.5) is 22.0 Å². The summed E-state index contributed by atoms with van der Waals surface area (Å²) in [5.74, 6) is -5.72. The Morgan fingerprint density at radius 3 is 2.56 bits per heavy atom. The number of aliphatic hydroxyl groups is 2. The Hall–Kier alpha value is -1.78. The molecule has 0 aromatic rings. The predicted octanol–water partition coefficient (Wildman–Crippen LogP) is 4.46. The molecular weight excluding hydrogens is 485 g/mol. The van der Waals surface area contributed by atoms with E-state index in [-0.39, 0.29) is 17.3 Å². The minimum absolute atomic E-state index is 0.156. The number of allylic oxidation sites excluding steroid dienone is 4. The van der Waals surface area contributed by atoms with Crippen LogP contribution in [0, 0.1) is 22.7 Å². The highest BCUT2D eigenvalue weighted by Crippen LogP contribution is 2.64. The summed E-state index contributed by atoms with van der Waals surface area (Å²) in [5.41, 5.74) is 2.64. The number of rotatable bonds is 6. The molecule has 2 fully saturated rings. The Balaban J connectivity index is 1.41. The van der Waals surface area contributed by atoms with Gasteiger partial charge in [0.05, 0.1) is 24.9 Å². The summed E-state index contributed by atoms with van der Waals surface area (Å²) in [4.78, 5) is 11.9. The maximum absolute atomic E-state index is 13.1. The van der Waals surface area contributed by atoms with Crippen molar-refractivity contribution in [2.45, 2.75) is 83.3 Å². The number of halogens is 5. The van der Waals surface area contributed by atoms with E-state index >= 15 is 0 Å². The summed E-state index contributed by atoms with van der Waals surface area (Å²) in [6, 6.07) is 0. The van der Waals surface area contributed by atoms with Gasteiger partial charge in [0.1, 0.15) is 6.61 Å². The number of alkyl halides is 5. The molecule has 202 valence electrons. The standard InChI is InChI=1S/C26H34F5NO4/c1-14(36-12-22(35)32-13-25(27,28)26(29,30)31)18-6-7-19-17-5-4-15-10-16(33)11-21(34)24(15,3)20(17)8-9-23(18,19)2/h4-6,14,16,19-21,33-34H,7-13H2,1-3H3,(H,32,35)/t14?,16?,19?,20?,21-,23?,24?/m0/s1. The van der Waals surface area contributed by atoms with Gasteiger partial charge in [0.2, 0.25) is 5.91 Å². The lowest BCUT2D eigenvalue weighted by molar-refractivity contribution is -0.278. The minimum Gasteiger partial charge on any atom is -0.393 e. The van der Waals surface area contributed by atoms with Gasteiger partial charge in [-0.3, -0.25) is 4.79 Å². The van der Waals surface area contributed by atoms with E-state index in [0.29, 0.717) is 12.8 Å². The van der Waals surface area contributed by atoms with E-state index in [4.69, 9.17) is 4.74 Å². The van der Waals surface area contributed by atoms with Crippen LogP contribution in [0.2, 0.25) is 0 Å². The van der Waals surface area contributed by atoms with Crippen LogP contribution in [-0.4, -0.2) is 59.7 Å². The average molecular weight is 520 g/mol. The monoisotopic (exact) mass is 519 g/mol. The smallest absolute Gasteiger partial charge is 0.393 e. The van der Waals surface area contributed by atoms with Gasteiger partial charge >= 0.3 is 12.1 Å². The summed E-state index contributed by atoms with van der Waals surface area (Å²) in [6.45, 7) is 3.52. The predicted molar refractivity (Wildman–Crippen MR) is 122 cm³/mol. The van der Waals surface area contributed by atoms with E-state index < -0.39 is 54.9 Å². The molecule has 0 aliphatic heterocycles.